The summed E-state index contributed by atoms with van der Waals surface area (Å²) in [5.41, 5.74) is 7.58. The van der Waals surface area contributed by atoms with Crippen LogP contribution in [0.5, 0.6) is 5.75 Å². The maximum absolute atomic E-state index is 12.3. The summed E-state index contributed by atoms with van der Waals surface area (Å²) in [6, 6.07) is 9.07. The van der Waals surface area contributed by atoms with Gasteiger partial charge in [-0.15, -0.1) is 0 Å². The molecule has 1 aromatic heterocycles. The third kappa shape index (κ3) is 2.93. The van der Waals surface area contributed by atoms with Crippen LogP contribution in [0.3, 0.4) is 0 Å². The first-order valence-electron chi connectivity index (χ1n) is 6.44. The summed E-state index contributed by atoms with van der Waals surface area (Å²) in [6.07, 6.45) is 1.77. The van der Waals surface area contributed by atoms with Gasteiger partial charge in [0.25, 0.3) is 5.91 Å². The van der Waals surface area contributed by atoms with Crippen LogP contribution in [0.2, 0.25) is 0 Å². The summed E-state index contributed by atoms with van der Waals surface area (Å²) < 4.78 is 6.98. The van der Waals surface area contributed by atoms with E-state index in [2.05, 4.69) is 5.32 Å². The molecule has 1 aromatic carbocycles. The lowest BCUT2D eigenvalue weighted by molar-refractivity contribution is 0.101. The van der Waals surface area contributed by atoms with Crippen molar-refractivity contribution in [3.05, 3.63) is 42.2 Å². The van der Waals surface area contributed by atoms with E-state index in [1.54, 1.807) is 25.4 Å². The summed E-state index contributed by atoms with van der Waals surface area (Å²) in [5, 5.41) is 2.85. The number of aromatic nitrogens is 1. The fourth-order valence-electron chi connectivity index (χ4n) is 2.01. The van der Waals surface area contributed by atoms with Crippen LogP contribution in [0.4, 0.5) is 11.4 Å². The van der Waals surface area contributed by atoms with Crippen LogP contribution in [0.1, 0.15) is 30.4 Å². The van der Waals surface area contributed by atoms with Crippen LogP contribution in [-0.4, -0.2) is 17.6 Å². The van der Waals surface area contributed by atoms with Crippen molar-refractivity contribution in [3.8, 4) is 5.75 Å². The molecule has 0 atom stereocenters. The Balaban J connectivity index is 2.23. The second kappa shape index (κ2) is 5.69. The van der Waals surface area contributed by atoms with Crippen molar-refractivity contribution < 1.29 is 9.53 Å². The molecule has 0 aliphatic rings. The van der Waals surface area contributed by atoms with Gasteiger partial charge in [0.2, 0.25) is 0 Å². The molecule has 20 heavy (non-hydrogen) atoms. The molecule has 106 valence electrons. The maximum Gasteiger partial charge on any atom is 0.272 e. The number of nitrogens with two attached hydrogens (primary N) is 1. The molecule has 0 aliphatic heterocycles. The summed E-state index contributed by atoms with van der Waals surface area (Å²) in [7, 11) is 1.59. The Bertz CT molecular complexity index is 617. The molecule has 0 fully saturated rings. The number of carbonyl (C=O) groups is 1. The molecule has 1 heterocycles. The van der Waals surface area contributed by atoms with Gasteiger partial charge in [-0.2, -0.15) is 0 Å². The van der Waals surface area contributed by atoms with Gasteiger partial charge < -0.3 is 20.4 Å². The van der Waals surface area contributed by atoms with Crippen molar-refractivity contribution in [2.24, 2.45) is 0 Å². The quantitative estimate of drug-likeness (QED) is 0.900. The van der Waals surface area contributed by atoms with Crippen LogP contribution < -0.4 is 15.8 Å². The van der Waals surface area contributed by atoms with E-state index in [9.17, 15) is 4.79 Å². The van der Waals surface area contributed by atoms with Gasteiger partial charge in [-0.1, -0.05) is 6.07 Å². The van der Waals surface area contributed by atoms with Crippen LogP contribution in [-0.2, 0) is 0 Å². The van der Waals surface area contributed by atoms with Crippen molar-refractivity contribution in [1.29, 1.82) is 0 Å². The number of benzene rings is 1. The Hall–Kier alpha value is -2.43. The number of anilines is 2. The zero-order valence-corrected chi connectivity index (χ0v) is 11.9. The Morgan fingerprint density at radius 3 is 2.75 bits per heavy atom. The molecule has 2 rings (SSSR count). The minimum atomic E-state index is -0.191. The summed E-state index contributed by atoms with van der Waals surface area (Å²) in [4.78, 5) is 12.3. The normalized spacial score (nSPS) is 10.6. The molecular weight excluding hydrogens is 254 g/mol. The molecule has 0 radical (unpaired) electrons. The number of hydrogen-bond donors (Lipinski definition) is 2. The van der Waals surface area contributed by atoms with E-state index in [-0.39, 0.29) is 11.9 Å². The number of amides is 1. The van der Waals surface area contributed by atoms with E-state index in [0.29, 0.717) is 22.8 Å². The second-order valence-corrected chi connectivity index (χ2v) is 4.85. The smallest absolute Gasteiger partial charge is 0.272 e. The molecule has 0 aliphatic carbocycles. The fourth-order valence-corrected chi connectivity index (χ4v) is 2.01. The van der Waals surface area contributed by atoms with E-state index in [1.807, 2.05) is 36.6 Å². The summed E-state index contributed by atoms with van der Waals surface area (Å²) in [6.45, 7) is 4.00. The Labute approximate surface area is 118 Å². The first kappa shape index (κ1) is 14.0. The van der Waals surface area contributed by atoms with E-state index in [1.165, 1.54) is 0 Å². The predicted octanol–water partition coefficient (Wildman–Crippen LogP) is 2.91. The monoisotopic (exact) mass is 273 g/mol. The standard InChI is InChI=1S/C15H19N3O2/c1-10(2)18-9-11(16)7-14(18)15(19)17-12-5-4-6-13(8-12)20-3/h4-10H,16H2,1-3H3,(H,17,19). The largest absolute Gasteiger partial charge is 0.497 e. The molecule has 3 N–H and O–H groups in total. The first-order valence-corrected chi connectivity index (χ1v) is 6.44. The van der Waals surface area contributed by atoms with Crippen molar-refractivity contribution >= 4 is 17.3 Å². The molecule has 0 bridgehead atoms. The van der Waals surface area contributed by atoms with Gasteiger partial charge in [-0.05, 0) is 32.0 Å². The number of ether oxygens (including phenoxy) is 1. The molecule has 2 aromatic rings. The molecule has 1 amide bonds. The van der Waals surface area contributed by atoms with E-state index in [4.69, 9.17) is 10.5 Å². The highest BCUT2D eigenvalue weighted by molar-refractivity contribution is 6.04. The average Bonchev–Trinajstić information content (AvgIpc) is 2.81. The summed E-state index contributed by atoms with van der Waals surface area (Å²) in [5.74, 6) is 0.505. The summed E-state index contributed by atoms with van der Waals surface area (Å²) >= 11 is 0. The number of nitrogens with one attached hydrogen (secondary N) is 1. The van der Waals surface area contributed by atoms with Crippen LogP contribution in [0.15, 0.2) is 36.5 Å². The lowest BCUT2D eigenvalue weighted by atomic mass is 10.2. The molecule has 5 nitrogen and oxygen atoms in total. The predicted molar refractivity (Wildman–Crippen MR) is 80.2 cm³/mol. The Kier molecular flexibility index (Phi) is 3.98. The van der Waals surface area contributed by atoms with E-state index >= 15 is 0 Å². The average molecular weight is 273 g/mol. The van der Waals surface area contributed by atoms with E-state index < -0.39 is 0 Å². The van der Waals surface area contributed by atoms with E-state index in [0.717, 1.165) is 0 Å². The van der Waals surface area contributed by atoms with Crippen molar-refractivity contribution in [2.45, 2.75) is 19.9 Å². The number of nitrogen functional groups attached to an aromatic ring is 1. The fraction of sp³-hybridized carbons (Fsp3) is 0.267. The molecule has 0 spiro atoms. The number of methoxy groups -OCH3 is 1. The van der Waals surface area contributed by atoms with Crippen molar-refractivity contribution in [3.63, 3.8) is 0 Å². The number of nitrogens with zero attached hydrogens (tertiary/aromatic N) is 1. The van der Waals surface area contributed by atoms with Gasteiger partial charge in [0.05, 0.1) is 12.8 Å². The van der Waals surface area contributed by atoms with Crippen molar-refractivity contribution in [1.82, 2.24) is 4.57 Å². The number of rotatable bonds is 4. The van der Waals surface area contributed by atoms with Gasteiger partial charge in [0.1, 0.15) is 11.4 Å². The highest BCUT2D eigenvalue weighted by Gasteiger charge is 2.15. The minimum absolute atomic E-state index is 0.165. The van der Waals surface area contributed by atoms with Crippen LogP contribution >= 0.6 is 0 Å². The number of hydrogen-bond acceptors (Lipinski definition) is 3. The lowest BCUT2D eigenvalue weighted by Gasteiger charge is -2.13. The third-order valence-corrected chi connectivity index (χ3v) is 2.99. The Morgan fingerprint density at radius 1 is 1.35 bits per heavy atom. The maximum atomic E-state index is 12.3. The molecule has 5 heteroatoms. The lowest BCUT2D eigenvalue weighted by Crippen LogP contribution is -2.17. The van der Waals surface area contributed by atoms with Crippen molar-refractivity contribution in [2.75, 3.05) is 18.2 Å². The molecule has 0 saturated heterocycles. The van der Waals surface area contributed by atoms with Gasteiger partial charge in [-0.25, -0.2) is 0 Å². The molecular formula is C15H19N3O2. The van der Waals surface area contributed by atoms with Gasteiger partial charge in [0.15, 0.2) is 0 Å². The highest BCUT2D eigenvalue weighted by atomic mass is 16.5. The second-order valence-electron chi connectivity index (χ2n) is 4.85. The molecule has 0 saturated carbocycles. The van der Waals surface area contributed by atoms with Gasteiger partial charge >= 0.3 is 0 Å². The zero-order chi connectivity index (χ0) is 14.7. The number of carbonyl (C=O) groups excluding carboxylic acids is 1. The van der Waals surface area contributed by atoms with Crippen LogP contribution in [0, 0.1) is 0 Å². The SMILES string of the molecule is COc1cccc(NC(=O)c2cc(N)cn2C(C)C)c1. The van der Waals surface area contributed by atoms with Gasteiger partial charge in [0, 0.05) is 24.0 Å². The molecule has 0 unspecified atom stereocenters. The minimum Gasteiger partial charge on any atom is -0.497 e. The first-order chi connectivity index (χ1) is 9.51. The van der Waals surface area contributed by atoms with Gasteiger partial charge in [-0.3, -0.25) is 4.79 Å². The topological polar surface area (TPSA) is 69.3 Å². The zero-order valence-electron chi connectivity index (χ0n) is 11.9. The van der Waals surface area contributed by atoms with Crippen LogP contribution in [0.25, 0.3) is 0 Å². The third-order valence-electron chi connectivity index (χ3n) is 2.99. The highest BCUT2D eigenvalue weighted by Crippen LogP contribution is 2.20. The Morgan fingerprint density at radius 2 is 2.10 bits per heavy atom.